The second-order valence-electron chi connectivity index (χ2n) is 2.51. The summed E-state index contributed by atoms with van der Waals surface area (Å²) in [5, 5.41) is 0.730. The molecular weight excluding hydrogens is 222 g/mol. The average molecular weight is 232 g/mol. The Morgan fingerprint density at radius 2 is 2.23 bits per heavy atom. The van der Waals surface area contributed by atoms with Crippen LogP contribution in [0.4, 0.5) is 5.69 Å². The lowest BCUT2D eigenvalue weighted by atomic mass is 10.3. The van der Waals surface area contributed by atoms with Gasteiger partial charge >= 0.3 is 0 Å². The van der Waals surface area contributed by atoms with E-state index < -0.39 is 0 Å². The second kappa shape index (κ2) is 4.84. The quantitative estimate of drug-likeness (QED) is 0.682. The molecule has 1 aromatic carbocycles. The summed E-state index contributed by atoms with van der Waals surface area (Å²) in [6.07, 6.45) is 1.96. The zero-order valence-electron chi connectivity index (χ0n) is 7.45. The Balaban J connectivity index is 2.88. The number of anilines is 1. The maximum absolute atomic E-state index is 5.86. The maximum atomic E-state index is 5.86. The SMILES string of the molecule is CSC(=S)N(C)c1cccc(Cl)c1. The maximum Gasteiger partial charge on any atom is 0.140 e. The van der Waals surface area contributed by atoms with Gasteiger partial charge in [0.15, 0.2) is 0 Å². The van der Waals surface area contributed by atoms with Crippen LogP contribution in [-0.4, -0.2) is 17.6 Å². The van der Waals surface area contributed by atoms with Gasteiger partial charge in [0, 0.05) is 17.8 Å². The van der Waals surface area contributed by atoms with Crippen molar-refractivity contribution >= 4 is 45.6 Å². The Kier molecular flexibility index (Phi) is 4.03. The molecule has 1 nitrogen and oxygen atoms in total. The van der Waals surface area contributed by atoms with Gasteiger partial charge in [-0.2, -0.15) is 0 Å². The average Bonchev–Trinajstić information content (AvgIpc) is 2.15. The Bertz CT molecular complexity index is 314. The van der Waals surface area contributed by atoms with Gasteiger partial charge in [0.05, 0.1) is 0 Å². The van der Waals surface area contributed by atoms with E-state index in [1.165, 1.54) is 0 Å². The number of thioether (sulfide) groups is 1. The van der Waals surface area contributed by atoms with Crippen LogP contribution in [-0.2, 0) is 0 Å². The molecule has 0 aliphatic carbocycles. The fourth-order valence-electron chi connectivity index (χ4n) is 0.927. The highest BCUT2D eigenvalue weighted by atomic mass is 35.5. The first-order valence-electron chi connectivity index (χ1n) is 3.72. The van der Waals surface area contributed by atoms with E-state index >= 15 is 0 Å². The van der Waals surface area contributed by atoms with Gasteiger partial charge in [0.2, 0.25) is 0 Å². The fourth-order valence-corrected chi connectivity index (χ4v) is 1.60. The van der Waals surface area contributed by atoms with Gasteiger partial charge < -0.3 is 4.90 Å². The molecule has 0 saturated heterocycles. The number of hydrogen-bond acceptors (Lipinski definition) is 2. The lowest BCUT2D eigenvalue weighted by Gasteiger charge is -2.18. The minimum atomic E-state index is 0.730. The highest BCUT2D eigenvalue weighted by Gasteiger charge is 2.04. The number of thiocarbonyl (C=S) groups is 1. The van der Waals surface area contributed by atoms with Crippen molar-refractivity contribution in [3.05, 3.63) is 29.3 Å². The van der Waals surface area contributed by atoms with Gasteiger partial charge in [0.25, 0.3) is 0 Å². The summed E-state index contributed by atoms with van der Waals surface area (Å²) < 4.78 is 0.835. The molecule has 0 amide bonds. The molecular formula is C9H10ClNS2. The largest absolute Gasteiger partial charge is 0.330 e. The molecule has 0 unspecified atom stereocenters. The zero-order valence-corrected chi connectivity index (χ0v) is 9.84. The van der Waals surface area contributed by atoms with Gasteiger partial charge in [-0.25, -0.2) is 0 Å². The normalized spacial score (nSPS) is 9.77. The monoisotopic (exact) mass is 231 g/mol. The third kappa shape index (κ3) is 2.86. The minimum Gasteiger partial charge on any atom is -0.330 e. The summed E-state index contributed by atoms with van der Waals surface area (Å²) in [4.78, 5) is 1.94. The molecule has 0 fully saturated rings. The highest BCUT2D eigenvalue weighted by Crippen LogP contribution is 2.20. The number of nitrogens with zero attached hydrogens (tertiary/aromatic N) is 1. The molecule has 0 aliphatic rings. The molecule has 0 bridgehead atoms. The highest BCUT2D eigenvalue weighted by molar-refractivity contribution is 8.22. The second-order valence-corrected chi connectivity index (χ2v) is 4.39. The van der Waals surface area contributed by atoms with Crippen molar-refractivity contribution in [3.63, 3.8) is 0 Å². The summed E-state index contributed by atoms with van der Waals surface area (Å²) in [5.74, 6) is 0. The molecule has 0 spiro atoms. The summed E-state index contributed by atoms with van der Waals surface area (Å²) in [6.45, 7) is 0. The van der Waals surface area contributed by atoms with Crippen LogP contribution in [0.2, 0.25) is 5.02 Å². The Labute approximate surface area is 93.1 Å². The van der Waals surface area contributed by atoms with Crippen molar-refractivity contribution in [3.8, 4) is 0 Å². The minimum absolute atomic E-state index is 0.730. The zero-order chi connectivity index (χ0) is 9.84. The molecule has 0 atom stereocenters. The number of hydrogen-bond donors (Lipinski definition) is 0. The van der Waals surface area contributed by atoms with Crippen molar-refractivity contribution in [2.24, 2.45) is 0 Å². The Morgan fingerprint density at radius 1 is 1.54 bits per heavy atom. The van der Waals surface area contributed by atoms with E-state index in [0.29, 0.717) is 0 Å². The number of halogens is 1. The van der Waals surface area contributed by atoms with Crippen molar-refractivity contribution in [2.75, 3.05) is 18.2 Å². The summed E-state index contributed by atoms with van der Waals surface area (Å²) in [5.41, 5.74) is 1.02. The Hall–Kier alpha value is -0.250. The summed E-state index contributed by atoms with van der Waals surface area (Å²) in [7, 11) is 1.94. The molecule has 70 valence electrons. The fraction of sp³-hybridized carbons (Fsp3) is 0.222. The first-order chi connectivity index (χ1) is 6.15. The van der Waals surface area contributed by atoms with E-state index in [1.54, 1.807) is 11.8 Å². The molecule has 0 aliphatic heterocycles. The van der Waals surface area contributed by atoms with E-state index in [1.807, 2.05) is 42.5 Å². The van der Waals surface area contributed by atoms with E-state index in [0.717, 1.165) is 15.0 Å². The number of benzene rings is 1. The van der Waals surface area contributed by atoms with Crippen LogP contribution < -0.4 is 4.90 Å². The third-order valence-electron chi connectivity index (χ3n) is 1.64. The van der Waals surface area contributed by atoms with Crippen LogP contribution in [0.3, 0.4) is 0 Å². The van der Waals surface area contributed by atoms with E-state index in [-0.39, 0.29) is 0 Å². The molecule has 1 rings (SSSR count). The standard InChI is InChI=1S/C9H10ClNS2/c1-11(9(12)13-2)8-5-3-4-7(10)6-8/h3-6H,1-2H3. The lowest BCUT2D eigenvalue weighted by Crippen LogP contribution is -2.20. The first-order valence-corrected chi connectivity index (χ1v) is 5.73. The van der Waals surface area contributed by atoms with Crippen LogP contribution in [0.5, 0.6) is 0 Å². The first kappa shape index (κ1) is 10.8. The topological polar surface area (TPSA) is 3.24 Å². The predicted octanol–water partition coefficient (Wildman–Crippen LogP) is 3.42. The molecule has 0 heterocycles. The van der Waals surface area contributed by atoms with Crippen molar-refractivity contribution in [1.82, 2.24) is 0 Å². The molecule has 4 heteroatoms. The molecule has 0 radical (unpaired) electrons. The van der Waals surface area contributed by atoms with E-state index in [4.69, 9.17) is 23.8 Å². The van der Waals surface area contributed by atoms with E-state index in [2.05, 4.69) is 0 Å². The van der Waals surface area contributed by atoms with Crippen LogP contribution >= 0.6 is 35.6 Å². The van der Waals surface area contributed by atoms with Crippen molar-refractivity contribution in [2.45, 2.75) is 0 Å². The predicted molar refractivity (Wildman–Crippen MR) is 66.0 cm³/mol. The molecule has 0 saturated carbocycles. The van der Waals surface area contributed by atoms with Crippen LogP contribution in [0.1, 0.15) is 0 Å². The molecule has 1 aromatic rings. The molecule has 0 N–H and O–H groups in total. The van der Waals surface area contributed by atoms with Gasteiger partial charge in [0.1, 0.15) is 4.32 Å². The summed E-state index contributed by atoms with van der Waals surface area (Å²) >= 11 is 12.6. The smallest absolute Gasteiger partial charge is 0.140 e. The van der Waals surface area contributed by atoms with E-state index in [9.17, 15) is 0 Å². The molecule has 13 heavy (non-hydrogen) atoms. The third-order valence-corrected chi connectivity index (χ3v) is 3.28. The lowest BCUT2D eigenvalue weighted by molar-refractivity contribution is 1.31. The molecule has 0 aromatic heterocycles. The van der Waals surface area contributed by atoms with Crippen LogP contribution in [0.15, 0.2) is 24.3 Å². The van der Waals surface area contributed by atoms with Gasteiger partial charge in [-0.1, -0.05) is 29.9 Å². The van der Waals surface area contributed by atoms with Crippen molar-refractivity contribution < 1.29 is 0 Å². The van der Waals surface area contributed by atoms with Gasteiger partial charge in [-0.3, -0.25) is 0 Å². The Morgan fingerprint density at radius 3 is 2.77 bits per heavy atom. The van der Waals surface area contributed by atoms with Crippen LogP contribution in [0.25, 0.3) is 0 Å². The van der Waals surface area contributed by atoms with Gasteiger partial charge in [-0.15, -0.1) is 11.8 Å². The van der Waals surface area contributed by atoms with Crippen molar-refractivity contribution in [1.29, 1.82) is 0 Å². The van der Waals surface area contributed by atoms with Gasteiger partial charge in [-0.05, 0) is 24.5 Å². The van der Waals surface area contributed by atoms with Crippen LogP contribution in [0, 0.1) is 0 Å². The summed E-state index contributed by atoms with van der Waals surface area (Å²) in [6, 6.07) is 7.64. The number of rotatable bonds is 1.